The van der Waals surface area contributed by atoms with Crippen LogP contribution < -0.4 is 16.0 Å². The third-order valence-corrected chi connectivity index (χ3v) is 6.17. The third-order valence-electron chi connectivity index (χ3n) is 6.17. The molecule has 0 radical (unpaired) electrons. The molecular formula is C27H36FN3O3. The highest BCUT2D eigenvalue weighted by Crippen LogP contribution is 2.31. The molecule has 0 saturated heterocycles. The quantitative estimate of drug-likeness (QED) is 0.533. The summed E-state index contributed by atoms with van der Waals surface area (Å²) in [6.07, 6.45) is 1.84. The number of rotatable bonds is 7. The molecule has 1 aliphatic carbocycles. The van der Waals surface area contributed by atoms with Gasteiger partial charge in [-0.25, -0.2) is 9.18 Å². The predicted octanol–water partition coefficient (Wildman–Crippen LogP) is 5.00. The van der Waals surface area contributed by atoms with Crippen molar-refractivity contribution in [3.63, 3.8) is 0 Å². The predicted molar refractivity (Wildman–Crippen MR) is 131 cm³/mol. The van der Waals surface area contributed by atoms with Crippen molar-refractivity contribution in [1.29, 1.82) is 0 Å². The molecule has 3 rings (SSSR count). The van der Waals surface area contributed by atoms with Crippen LogP contribution in [0.1, 0.15) is 70.5 Å². The smallest absolute Gasteiger partial charge is 0.408 e. The van der Waals surface area contributed by atoms with Gasteiger partial charge in [0.1, 0.15) is 17.0 Å². The van der Waals surface area contributed by atoms with Crippen molar-refractivity contribution in [3.05, 3.63) is 71.5 Å². The summed E-state index contributed by atoms with van der Waals surface area (Å²) < 4.78 is 18.8. The molecule has 1 fully saturated rings. The SMILES string of the molecule is C[C@@H](NC(=O)[C@]1(NC(=O)OC(C)(C)C)CC[C@@H](NCc2ccccc2)CC1)c1ccc(F)cc1. The van der Waals surface area contributed by atoms with Crippen molar-refractivity contribution in [1.82, 2.24) is 16.0 Å². The number of hydrogen-bond acceptors (Lipinski definition) is 4. The fourth-order valence-electron chi connectivity index (χ4n) is 4.25. The van der Waals surface area contributed by atoms with E-state index >= 15 is 0 Å². The Bertz CT molecular complexity index is 949. The second kappa shape index (κ2) is 11.0. The summed E-state index contributed by atoms with van der Waals surface area (Å²) >= 11 is 0. The molecule has 2 aromatic rings. The monoisotopic (exact) mass is 469 g/mol. The van der Waals surface area contributed by atoms with Gasteiger partial charge in [-0.05, 0) is 76.6 Å². The van der Waals surface area contributed by atoms with E-state index in [9.17, 15) is 14.0 Å². The summed E-state index contributed by atoms with van der Waals surface area (Å²) in [7, 11) is 0. The van der Waals surface area contributed by atoms with E-state index in [1.807, 2.05) is 25.1 Å². The topological polar surface area (TPSA) is 79.5 Å². The lowest BCUT2D eigenvalue weighted by molar-refractivity contribution is -0.130. The van der Waals surface area contributed by atoms with Gasteiger partial charge in [0.25, 0.3) is 0 Å². The number of benzene rings is 2. The lowest BCUT2D eigenvalue weighted by atomic mass is 9.78. The van der Waals surface area contributed by atoms with Gasteiger partial charge >= 0.3 is 6.09 Å². The number of hydrogen-bond donors (Lipinski definition) is 3. The van der Waals surface area contributed by atoms with Crippen LogP contribution in [0, 0.1) is 5.82 Å². The van der Waals surface area contributed by atoms with Gasteiger partial charge < -0.3 is 20.7 Å². The highest BCUT2D eigenvalue weighted by molar-refractivity contribution is 5.90. The molecular weight excluding hydrogens is 433 g/mol. The summed E-state index contributed by atoms with van der Waals surface area (Å²) in [4.78, 5) is 26.1. The first-order valence-corrected chi connectivity index (χ1v) is 11.9. The van der Waals surface area contributed by atoms with E-state index in [4.69, 9.17) is 4.74 Å². The third kappa shape index (κ3) is 7.29. The normalized spacial score (nSPS) is 21.4. The maximum absolute atomic E-state index is 13.5. The lowest BCUT2D eigenvalue weighted by Crippen LogP contribution is -2.62. The maximum Gasteiger partial charge on any atom is 0.408 e. The molecule has 0 aliphatic heterocycles. The largest absolute Gasteiger partial charge is 0.444 e. The Labute approximate surface area is 201 Å². The molecule has 2 amide bonds. The second-order valence-electron chi connectivity index (χ2n) is 10.1. The van der Waals surface area contributed by atoms with E-state index in [1.54, 1.807) is 32.9 Å². The summed E-state index contributed by atoms with van der Waals surface area (Å²) in [5.74, 6) is -0.580. The van der Waals surface area contributed by atoms with E-state index < -0.39 is 17.2 Å². The van der Waals surface area contributed by atoms with Crippen LogP contribution in [0.2, 0.25) is 0 Å². The second-order valence-corrected chi connectivity index (χ2v) is 10.1. The molecule has 6 nitrogen and oxygen atoms in total. The number of amides is 2. The van der Waals surface area contributed by atoms with E-state index in [-0.39, 0.29) is 23.8 Å². The van der Waals surface area contributed by atoms with Crippen molar-refractivity contribution >= 4 is 12.0 Å². The molecule has 3 N–H and O–H groups in total. The van der Waals surface area contributed by atoms with Crippen molar-refractivity contribution < 1.29 is 18.7 Å². The molecule has 184 valence electrons. The first-order valence-electron chi connectivity index (χ1n) is 11.9. The van der Waals surface area contributed by atoms with Gasteiger partial charge in [0.2, 0.25) is 5.91 Å². The molecule has 1 saturated carbocycles. The van der Waals surface area contributed by atoms with Crippen LogP contribution in [0.3, 0.4) is 0 Å². The Kier molecular flexibility index (Phi) is 8.31. The number of ether oxygens (including phenoxy) is 1. The average Bonchev–Trinajstić information content (AvgIpc) is 2.78. The van der Waals surface area contributed by atoms with Crippen molar-refractivity contribution in [2.45, 2.75) is 83.1 Å². The van der Waals surface area contributed by atoms with Crippen LogP contribution in [-0.4, -0.2) is 29.2 Å². The Morgan fingerprint density at radius 1 is 1.06 bits per heavy atom. The van der Waals surface area contributed by atoms with Gasteiger partial charge in [-0.2, -0.15) is 0 Å². The number of alkyl carbamates (subject to hydrolysis) is 1. The first-order chi connectivity index (χ1) is 16.1. The maximum atomic E-state index is 13.5. The van der Waals surface area contributed by atoms with Crippen molar-refractivity contribution in [2.24, 2.45) is 0 Å². The number of nitrogens with one attached hydrogen (secondary N) is 3. The first kappa shape index (κ1) is 25.7. The molecule has 0 unspecified atom stereocenters. The van der Waals surface area contributed by atoms with Crippen molar-refractivity contribution in [3.8, 4) is 0 Å². The molecule has 34 heavy (non-hydrogen) atoms. The van der Waals surface area contributed by atoms with E-state index in [0.717, 1.165) is 24.9 Å². The number of halogens is 1. The fourth-order valence-corrected chi connectivity index (χ4v) is 4.25. The number of carbonyl (C=O) groups excluding carboxylic acids is 2. The van der Waals surface area contributed by atoms with Gasteiger partial charge in [0, 0.05) is 12.6 Å². The lowest BCUT2D eigenvalue weighted by Gasteiger charge is -2.40. The zero-order valence-corrected chi connectivity index (χ0v) is 20.5. The van der Waals surface area contributed by atoms with Crippen LogP contribution in [0.25, 0.3) is 0 Å². The summed E-state index contributed by atoms with van der Waals surface area (Å²) in [6, 6.07) is 16.1. The molecule has 1 aliphatic rings. The van der Waals surface area contributed by atoms with Gasteiger partial charge in [0.05, 0.1) is 6.04 Å². The van der Waals surface area contributed by atoms with Crippen molar-refractivity contribution in [2.75, 3.05) is 0 Å². The highest BCUT2D eigenvalue weighted by Gasteiger charge is 2.44. The number of carbonyl (C=O) groups is 2. The van der Waals surface area contributed by atoms with Gasteiger partial charge in [-0.15, -0.1) is 0 Å². The zero-order valence-electron chi connectivity index (χ0n) is 20.5. The van der Waals surface area contributed by atoms with E-state index in [2.05, 4.69) is 28.1 Å². The van der Waals surface area contributed by atoms with Crippen LogP contribution in [0.15, 0.2) is 54.6 Å². The molecule has 1 atom stereocenters. The average molecular weight is 470 g/mol. The summed E-state index contributed by atoms with van der Waals surface area (Å²) in [5.41, 5.74) is 0.261. The molecule has 0 spiro atoms. The Morgan fingerprint density at radius 3 is 2.26 bits per heavy atom. The fraction of sp³-hybridized carbons (Fsp3) is 0.481. The highest BCUT2D eigenvalue weighted by atomic mass is 19.1. The van der Waals surface area contributed by atoms with E-state index in [0.29, 0.717) is 12.8 Å². The minimum atomic E-state index is -1.07. The van der Waals surface area contributed by atoms with E-state index in [1.165, 1.54) is 17.7 Å². The molecule has 2 aromatic carbocycles. The molecule has 0 aromatic heterocycles. The molecule has 0 heterocycles. The molecule has 0 bridgehead atoms. The van der Waals surface area contributed by atoms with Gasteiger partial charge in [-0.1, -0.05) is 42.5 Å². The minimum absolute atomic E-state index is 0.246. The zero-order chi connectivity index (χ0) is 24.8. The Hall–Kier alpha value is -2.93. The van der Waals surface area contributed by atoms with Crippen LogP contribution >= 0.6 is 0 Å². The van der Waals surface area contributed by atoms with Gasteiger partial charge in [-0.3, -0.25) is 4.79 Å². The Morgan fingerprint density at radius 2 is 1.68 bits per heavy atom. The van der Waals surface area contributed by atoms with Crippen LogP contribution in [-0.2, 0) is 16.1 Å². The Balaban J connectivity index is 1.68. The summed E-state index contributed by atoms with van der Waals surface area (Å²) in [5, 5.41) is 9.47. The standard InChI is InChI=1S/C27H36FN3O3/c1-19(21-10-12-22(28)13-11-21)30-24(32)27(31-25(33)34-26(2,3)4)16-14-23(15-17-27)29-18-20-8-6-5-7-9-20/h5-13,19,23,29H,14-18H2,1-4H3,(H,30,32)(H,31,33)/t19-,23-,27+/m1/s1. The molecule has 7 heteroatoms. The van der Waals surface area contributed by atoms with Crippen LogP contribution in [0.5, 0.6) is 0 Å². The summed E-state index contributed by atoms with van der Waals surface area (Å²) in [6.45, 7) is 7.98. The minimum Gasteiger partial charge on any atom is -0.444 e. The van der Waals surface area contributed by atoms with Crippen LogP contribution in [0.4, 0.5) is 9.18 Å². The van der Waals surface area contributed by atoms with Gasteiger partial charge in [0.15, 0.2) is 0 Å².